The number of piperidine rings is 1. The Morgan fingerprint density at radius 2 is 1.78 bits per heavy atom. The Balaban J connectivity index is 1.57. The lowest BCUT2D eigenvalue weighted by atomic mass is 10.1. The normalized spacial score (nSPS) is 17.1. The van der Waals surface area contributed by atoms with Gasteiger partial charge in [0.25, 0.3) is 0 Å². The largest absolute Gasteiger partial charge is 0.462 e. The molecule has 0 atom stereocenters. The molecule has 0 aliphatic carbocycles. The maximum absolute atomic E-state index is 12.5. The molecule has 1 N–H and O–H groups in total. The minimum Gasteiger partial charge on any atom is -0.462 e. The smallest absolute Gasteiger partial charge is 0.348 e. The third-order valence-corrected chi connectivity index (χ3v) is 7.37. The van der Waals surface area contributed by atoms with Gasteiger partial charge in [0.2, 0.25) is 5.91 Å². The first kappa shape index (κ1) is 22.9. The molecule has 0 aromatic carbocycles. The second-order valence-corrected chi connectivity index (χ2v) is 9.55. The summed E-state index contributed by atoms with van der Waals surface area (Å²) in [5, 5.41) is 4.24. The number of esters is 1. The topological polar surface area (TPSA) is 87.7 Å². The van der Waals surface area contributed by atoms with Crippen LogP contribution in [0.15, 0.2) is 0 Å². The van der Waals surface area contributed by atoms with Gasteiger partial charge in [0.1, 0.15) is 21.3 Å². The van der Waals surface area contributed by atoms with Crippen LogP contribution in [0, 0.1) is 6.92 Å². The van der Waals surface area contributed by atoms with Crippen LogP contribution in [0.1, 0.15) is 66.5 Å². The Morgan fingerprint density at radius 1 is 1.06 bits per heavy atom. The zero-order valence-electron chi connectivity index (χ0n) is 19.1. The van der Waals surface area contributed by atoms with Crippen molar-refractivity contribution in [3.63, 3.8) is 0 Å². The lowest BCUT2D eigenvalue weighted by molar-refractivity contribution is -0.129. The zero-order valence-corrected chi connectivity index (χ0v) is 19.9. The van der Waals surface area contributed by atoms with Gasteiger partial charge in [0.05, 0.1) is 18.5 Å². The number of fused-ring (bicyclic) bond motifs is 1. The number of likely N-dealkylation sites (tertiary alicyclic amines) is 2. The molecule has 0 saturated carbocycles. The number of aromatic nitrogens is 2. The number of ether oxygens (including phenoxy) is 1. The molecule has 2 fully saturated rings. The van der Waals surface area contributed by atoms with E-state index in [2.05, 4.69) is 10.2 Å². The number of nitrogens with zero attached hydrogens (tertiary/aromatic N) is 4. The van der Waals surface area contributed by atoms with Crippen LogP contribution >= 0.6 is 11.3 Å². The highest BCUT2D eigenvalue weighted by atomic mass is 32.1. The van der Waals surface area contributed by atoms with E-state index in [0.717, 1.165) is 60.6 Å². The average Bonchev–Trinajstić information content (AvgIpc) is 3.43. The molecule has 2 aliphatic rings. The van der Waals surface area contributed by atoms with Crippen molar-refractivity contribution < 1.29 is 14.3 Å². The van der Waals surface area contributed by atoms with E-state index in [0.29, 0.717) is 36.8 Å². The molecule has 8 nitrogen and oxygen atoms in total. The van der Waals surface area contributed by atoms with Crippen molar-refractivity contribution in [2.24, 2.45) is 0 Å². The number of anilines is 1. The minimum absolute atomic E-state index is 0.183. The second-order valence-electron chi connectivity index (χ2n) is 8.55. The first-order chi connectivity index (χ1) is 15.6. The van der Waals surface area contributed by atoms with Gasteiger partial charge in [-0.05, 0) is 58.2 Å². The Hall–Kier alpha value is -2.26. The van der Waals surface area contributed by atoms with Crippen LogP contribution in [-0.2, 0) is 16.1 Å². The fourth-order valence-electron chi connectivity index (χ4n) is 4.50. The molecule has 174 valence electrons. The van der Waals surface area contributed by atoms with Crippen LogP contribution in [0.3, 0.4) is 0 Å². The van der Waals surface area contributed by atoms with Crippen LogP contribution in [0.25, 0.3) is 10.2 Å². The summed E-state index contributed by atoms with van der Waals surface area (Å²) in [6.45, 7) is 9.12. The Labute approximate surface area is 193 Å². The SMILES string of the molecule is CCOC(=O)c1sc2nc(CN3CCCCC3)nc(NCCC(=O)N3CCCC3)c2c1C. The third-order valence-electron chi connectivity index (χ3n) is 6.20. The van der Waals surface area contributed by atoms with Crippen molar-refractivity contribution in [1.29, 1.82) is 0 Å². The van der Waals surface area contributed by atoms with Gasteiger partial charge in [0, 0.05) is 26.1 Å². The number of nitrogens with one attached hydrogen (secondary N) is 1. The van der Waals surface area contributed by atoms with Gasteiger partial charge in [-0.25, -0.2) is 14.8 Å². The van der Waals surface area contributed by atoms with Crippen LogP contribution < -0.4 is 5.32 Å². The maximum Gasteiger partial charge on any atom is 0.348 e. The van der Waals surface area contributed by atoms with Gasteiger partial charge < -0.3 is 15.0 Å². The van der Waals surface area contributed by atoms with Crippen LogP contribution in [0.4, 0.5) is 5.82 Å². The van der Waals surface area contributed by atoms with E-state index in [1.807, 2.05) is 11.8 Å². The van der Waals surface area contributed by atoms with E-state index in [-0.39, 0.29) is 11.9 Å². The summed E-state index contributed by atoms with van der Waals surface area (Å²) in [5.41, 5.74) is 0.835. The molecule has 0 radical (unpaired) electrons. The molecule has 9 heteroatoms. The molecule has 4 rings (SSSR count). The minimum atomic E-state index is -0.319. The average molecular weight is 460 g/mol. The predicted molar refractivity (Wildman–Crippen MR) is 126 cm³/mol. The number of carbonyl (C=O) groups is 2. The molecule has 32 heavy (non-hydrogen) atoms. The van der Waals surface area contributed by atoms with Crippen LogP contribution in [-0.4, -0.2) is 71.0 Å². The molecule has 0 spiro atoms. The van der Waals surface area contributed by atoms with E-state index in [4.69, 9.17) is 14.7 Å². The standard InChI is InChI=1S/C23H33N5O3S/c1-3-31-23(30)20-16(2)19-21(24-10-9-18(29)28-13-7-8-14-28)25-17(26-22(19)32-20)15-27-11-5-4-6-12-27/h3-15H2,1-2H3,(H,24,25,26). The fourth-order valence-corrected chi connectivity index (χ4v) is 5.60. The molecule has 4 heterocycles. The number of thiophene rings is 1. The van der Waals surface area contributed by atoms with Gasteiger partial charge in [-0.15, -0.1) is 11.3 Å². The highest BCUT2D eigenvalue weighted by Gasteiger charge is 2.23. The molecule has 2 aliphatic heterocycles. The monoisotopic (exact) mass is 459 g/mol. The summed E-state index contributed by atoms with van der Waals surface area (Å²) in [6.07, 6.45) is 6.31. The van der Waals surface area contributed by atoms with Crippen LogP contribution in [0.2, 0.25) is 0 Å². The predicted octanol–water partition coefficient (Wildman–Crippen LogP) is 3.59. The molecular formula is C23H33N5O3S. The van der Waals surface area contributed by atoms with Crippen molar-refractivity contribution in [2.45, 2.75) is 58.9 Å². The van der Waals surface area contributed by atoms with Crippen molar-refractivity contribution >= 4 is 39.2 Å². The highest BCUT2D eigenvalue weighted by Crippen LogP contribution is 2.34. The maximum atomic E-state index is 12.5. The summed E-state index contributed by atoms with van der Waals surface area (Å²) < 4.78 is 5.24. The lowest BCUT2D eigenvalue weighted by Gasteiger charge is -2.25. The van der Waals surface area contributed by atoms with Gasteiger partial charge >= 0.3 is 5.97 Å². The summed E-state index contributed by atoms with van der Waals surface area (Å²) in [4.78, 5) is 40.2. The molecule has 2 saturated heterocycles. The first-order valence-corrected chi connectivity index (χ1v) is 12.6. The molecule has 2 aromatic rings. The van der Waals surface area contributed by atoms with Gasteiger partial charge in [-0.2, -0.15) is 0 Å². The van der Waals surface area contributed by atoms with Crippen molar-refractivity contribution in [1.82, 2.24) is 19.8 Å². The highest BCUT2D eigenvalue weighted by molar-refractivity contribution is 7.20. The van der Waals surface area contributed by atoms with E-state index >= 15 is 0 Å². The van der Waals surface area contributed by atoms with E-state index in [1.54, 1.807) is 6.92 Å². The molecule has 1 amide bonds. The van der Waals surface area contributed by atoms with Gasteiger partial charge in [-0.1, -0.05) is 6.42 Å². The third kappa shape index (κ3) is 5.20. The lowest BCUT2D eigenvalue weighted by Crippen LogP contribution is -2.30. The number of hydrogen-bond donors (Lipinski definition) is 1. The van der Waals surface area contributed by atoms with Crippen LogP contribution in [0.5, 0.6) is 0 Å². The number of hydrogen-bond acceptors (Lipinski definition) is 8. The zero-order chi connectivity index (χ0) is 22.5. The number of aryl methyl sites for hydroxylation is 1. The molecule has 2 aromatic heterocycles. The molecule has 0 bridgehead atoms. The molecular weight excluding hydrogens is 426 g/mol. The van der Waals surface area contributed by atoms with Gasteiger partial charge in [-0.3, -0.25) is 9.69 Å². The van der Waals surface area contributed by atoms with Crippen molar-refractivity contribution in [3.8, 4) is 0 Å². The summed E-state index contributed by atoms with van der Waals surface area (Å²) >= 11 is 1.36. The number of amides is 1. The number of rotatable bonds is 8. The summed E-state index contributed by atoms with van der Waals surface area (Å²) in [5.74, 6) is 1.33. The molecule has 0 unspecified atom stereocenters. The Morgan fingerprint density at radius 3 is 2.50 bits per heavy atom. The van der Waals surface area contributed by atoms with E-state index in [1.165, 1.54) is 30.6 Å². The fraction of sp³-hybridized carbons (Fsp3) is 0.652. The summed E-state index contributed by atoms with van der Waals surface area (Å²) in [7, 11) is 0. The quantitative estimate of drug-likeness (QED) is 0.604. The first-order valence-electron chi connectivity index (χ1n) is 11.8. The Bertz CT molecular complexity index is 964. The second kappa shape index (κ2) is 10.6. The van der Waals surface area contributed by atoms with Crippen molar-refractivity contribution in [2.75, 3.05) is 44.6 Å². The van der Waals surface area contributed by atoms with E-state index in [9.17, 15) is 9.59 Å². The van der Waals surface area contributed by atoms with Crippen molar-refractivity contribution in [3.05, 3.63) is 16.3 Å². The number of carbonyl (C=O) groups excluding carboxylic acids is 2. The summed E-state index contributed by atoms with van der Waals surface area (Å²) in [6, 6.07) is 0. The van der Waals surface area contributed by atoms with Gasteiger partial charge in [0.15, 0.2) is 0 Å². The van der Waals surface area contributed by atoms with E-state index < -0.39 is 0 Å². The Kier molecular flexibility index (Phi) is 7.57.